The molecule has 0 aromatic rings. The first kappa shape index (κ1) is 19.3. The zero-order valence-corrected chi connectivity index (χ0v) is 13.7. The van der Waals surface area contributed by atoms with Crippen LogP contribution in [0.25, 0.3) is 0 Å². The first-order valence-corrected chi connectivity index (χ1v) is 8.14. The number of amides is 3. The molecule has 1 saturated heterocycles. The third kappa shape index (κ3) is 4.89. The van der Waals surface area contributed by atoms with Gasteiger partial charge < -0.3 is 10.2 Å². The lowest BCUT2D eigenvalue weighted by Crippen LogP contribution is -2.50. The lowest BCUT2D eigenvalue weighted by atomic mass is 9.94. The van der Waals surface area contributed by atoms with E-state index in [0.717, 1.165) is 6.42 Å². The summed E-state index contributed by atoms with van der Waals surface area (Å²) in [6.07, 6.45) is 0.585. The summed E-state index contributed by atoms with van der Waals surface area (Å²) in [5.74, 6) is -3.21. The van der Waals surface area contributed by atoms with Crippen molar-refractivity contribution in [1.82, 2.24) is 15.7 Å². The van der Waals surface area contributed by atoms with Gasteiger partial charge in [-0.3, -0.25) is 19.6 Å². The highest BCUT2D eigenvalue weighted by molar-refractivity contribution is 5.92. The van der Waals surface area contributed by atoms with Gasteiger partial charge in [0.15, 0.2) is 6.17 Å². The molecule has 8 heteroatoms. The number of carbonyl (C=O) groups excluding carboxylic acids is 3. The van der Waals surface area contributed by atoms with Crippen molar-refractivity contribution in [3.05, 3.63) is 0 Å². The molecule has 132 valence electrons. The van der Waals surface area contributed by atoms with Gasteiger partial charge in [-0.2, -0.15) is 0 Å². The molecule has 1 rings (SSSR count). The molecule has 0 aliphatic carbocycles. The number of hydroxylamine groups is 1. The largest absolute Gasteiger partial charge is 0.355 e. The van der Waals surface area contributed by atoms with Crippen molar-refractivity contribution in [3.63, 3.8) is 0 Å². The van der Waals surface area contributed by atoms with Crippen LogP contribution in [0.2, 0.25) is 0 Å². The minimum Gasteiger partial charge on any atom is -0.355 e. The SMILES string of the molecule is CCCC[C@@H](C(=O)N1CCC[C@H]1C(=O)NCC)[C@H](F)C(=O)NO. The van der Waals surface area contributed by atoms with Crippen LogP contribution < -0.4 is 10.8 Å². The standard InChI is InChI=1S/C15H26FN3O4/c1-3-5-7-10(12(16)14(21)18-23)15(22)19-9-6-8-11(19)13(20)17-4-2/h10-12,23H,3-9H2,1-2H3,(H,17,20)(H,18,21)/t10-,11+,12+/m1/s1. The van der Waals surface area contributed by atoms with E-state index in [1.807, 2.05) is 6.92 Å². The summed E-state index contributed by atoms with van der Waals surface area (Å²) in [6.45, 7) is 4.51. The van der Waals surface area contributed by atoms with Gasteiger partial charge in [0.1, 0.15) is 6.04 Å². The Morgan fingerprint density at radius 3 is 2.61 bits per heavy atom. The van der Waals surface area contributed by atoms with Crippen molar-refractivity contribution in [2.75, 3.05) is 13.1 Å². The van der Waals surface area contributed by atoms with Gasteiger partial charge in [-0.25, -0.2) is 9.87 Å². The van der Waals surface area contributed by atoms with Gasteiger partial charge in [0.05, 0.1) is 5.92 Å². The molecule has 0 aromatic heterocycles. The number of hydrogen-bond acceptors (Lipinski definition) is 4. The van der Waals surface area contributed by atoms with Gasteiger partial charge in [0.25, 0.3) is 5.91 Å². The number of hydrogen-bond donors (Lipinski definition) is 3. The fourth-order valence-corrected chi connectivity index (χ4v) is 2.87. The van der Waals surface area contributed by atoms with Crippen molar-refractivity contribution in [2.24, 2.45) is 5.92 Å². The molecule has 3 atom stereocenters. The summed E-state index contributed by atoms with van der Waals surface area (Å²) >= 11 is 0. The van der Waals surface area contributed by atoms with Crippen molar-refractivity contribution in [3.8, 4) is 0 Å². The maximum atomic E-state index is 14.2. The van der Waals surface area contributed by atoms with Crippen LogP contribution in [-0.4, -0.2) is 53.1 Å². The molecule has 0 saturated carbocycles. The van der Waals surface area contributed by atoms with E-state index >= 15 is 0 Å². The van der Waals surface area contributed by atoms with E-state index in [1.165, 1.54) is 10.4 Å². The molecular formula is C15H26FN3O4. The van der Waals surface area contributed by atoms with E-state index in [9.17, 15) is 18.8 Å². The highest BCUT2D eigenvalue weighted by Gasteiger charge is 2.41. The second-order valence-electron chi connectivity index (χ2n) is 5.71. The molecule has 1 heterocycles. The molecule has 0 spiro atoms. The van der Waals surface area contributed by atoms with E-state index in [2.05, 4.69) is 5.32 Å². The summed E-state index contributed by atoms with van der Waals surface area (Å²) in [5.41, 5.74) is 1.26. The predicted molar refractivity (Wildman–Crippen MR) is 81.3 cm³/mol. The molecule has 7 nitrogen and oxygen atoms in total. The molecule has 1 aliphatic heterocycles. The first-order chi connectivity index (χ1) is 11.0. The first-order valence-electron chi connectivity index (χ1n) is 8.14. The van der Waals surface area contributed by atoms with Crippen LogP contribution in [-0.2, 0) is 14.4 Å². The third-order valence-electron chi connectivity index (χ3n) is 4.09. The Hall–Kier alpha value is -1.70. The van der Waals surface area contributed by atoms with Crippen LogP contribution in [0.4, 0.5) is 4.39 Å². The summed E-state index contributed by atoms with van der Waals surface area (Å²) in [6, 6.07) is -0.615. The maximum Gasteiger partial charge on any atom is 0.278 e. The summed E-state index contributed by atoms with van der Waals surface area (Å²) in [5, 5.41) is 11.3. The molecule has 3 N–H and O–H groups in total. The molecule has 0 unspecified atom stereocenters. The molecule has 1 aliphatic rings. The number of halogens is 1. The normalized spacial score (nSPS) is 20.0. The van der Waals surface area contributed by atoms with Gasteiger partial charge in [-0.05, 0) is 26.2 Å². The molecular weight excluding hydrogens is 305 g/mol. The number of carbonyl (C=O) groups is 3. The predicted octanol–water partition coefficient (Wildman–Crippen LogP) is 0.763. The highest BCUT2D eigenvalue weighted by Crippen LogP contribution is 2.25. The topological polar surface area (TPSA) is 98.7 Å². The minimum absolute atomic E-state index is 0.197. The molecule has 3 amide bonds. The Kier molecular flexibility index (Phi) is 7.94. The average Bonchev–Trinajstić information content (AvgIpc) is 3.03. The van der Waals surface area contributed by atoms with Gasteiger partial charge in [-0.1, -0.05) is 19.8 Å². The fourth-order valence-electron chi connectivity index (χ4n) is 2.87. The summed E-state index contributed by atoms with van der Waals surface area (Å²) in [4.78, 5) is 37.4. The van der Waals surface area contributed by atoms with E-state index < -0.39 is 29.9 Å². The van der Waals surface area contributed by atoms with Crippen LogP contribution in [0.3, 0.4) is 0 Å². The fraction of sp³-hybridized carbons (Fsp3) is 0.800. The lowest BCUT2D eigenvalue weighted by molar-refractivity contribution is -0.149. The van der Waals surface area contributed by atoms with Crippen LogP contribution in [0.5, 0.6) is 0 Å². The molecule has 0 radical (unpaired) electrons. The van der Waals surface area contributed by atoms with E-state index in [1.54, 1.807) is 6.92 Å². The minimum atomic E-state index is -2.13. The average molecular weight is 331 g/mol. The van der Waals surface area contributed by atoms with Crippen molar-refractivity contribution < 1.29 is 24.0 Å². The van der Waals surface area contributed by atoms with Crippen LogP contribution in [0, 0.1) is 5.92 Å². The Morgan fingerprint density at radius 1 is 1.35 bits per heavy atom. The van der Waals surface area contributed by atoms with Crippen LogP contribution in [0.1, 0.15) is 46.0 Å². The second kappa shape index (κ2) is 9.44. The number of likely N-dealkylation sites (tertiary alicyclic amines) is 1. The monoisotopic (exact) mass is 331 g/mol. The van der Waals surface area contributed by atoms with Crippen molar-refractivity contribution in [1.29, 1.82) is 0 Å². The Morgan fingerprint density at radius 2 is 2.04 bits per heavy atom. The third-order valence-corrected chi connectivity index (χ3v) is 4.09. The van der Waals surface area contributed by atoms with Gasteiger partial charge >= 0.3 is 0 Å². The quantitative estimate of drug-likeness (QED) is 0.452. The molecule has 1 fully saturated rings. The number of unbranched alkanes of at least 4 members (excludes halogenated alkanes) is 1. The maximum absolute atomic E-state index is 14.2. The van der Waals surface area contributed by atoms with E-state index in [0.29, 0.717) is 32.4 Å². The van der Waals surface area contributed by atoms with Gasteiger partial charge in [0.2, 0.25) is 11.8 Å². The van der Waals surface area contributed by atoms with Crippen LogP contribution in [0.15, 0.2) is 0 Å². The lowest BCUT2D eigenvalue weighted by Gasteiger charge is -2.29. The zero-order valence-electron chi connectivity index (χ0n) is 13.7. The Bertz CT molecular complexity index is 433. The van der Waals surface area contributed by atoms with Crippen molar-refractivity contribution in [2.45, 2.75) is 58.2 Å². The zero-order chi connectivity index (χ0) is 17.4. The van der Waals surface area contributed by atoms with Crippen molar-refractivity contribution >= 4 is 17.7 Å². The van der Waals surface area contributed by atoms with Crippen LogP contribution >= 0.6 is 0 Å². The van der Waals surface area contributed by atoms with Gasteiger partial charge in [-0.15, -0.1) is 0 Å². The molecule has 0 bridgehead atoms. The van der Waals surface area contributed by atoms with E-state index in [4.69, 9.17) is 5.21 Å². The van der Waals surface area contributed by atoms with Gasteiger partial charge in [0, 0.05) is 13.1 Å². The smallest absolute Gasteiger partial charge is 0.278 e. The summed E-state index contributed by atoms with van der Waals surface area (Å²) < 4.78 is 14.2. The number of alkyl halides is 1. The Labute approximate surface area is 135 Å². The number of nitrogens with zero attached hydrogens (tertiary/aromatic N) is 1. The second-order valence-corrected chi connectivity index (χ2v) is 5.71. The number of nitrogens with one attached hydrogen (secondary N) is 2. The molecule has 0 aromatic carbocycles. The molecule has 23 heavy (non-hydrogen) atoms. The van der Waals surface area contributed by atoms with E-state index in [-0.39, 0.29) is 12.3 Å². The highest BCUT2D eigenvalue weighted by atomic mass is 19.1. The summed E-state index contributed by atoms with van der Waals surface area (Å²) in [7, 11) is 0. The number of likely N-dealkylation sites (N-methyl/N-ethyl adjacent to an activating group) is 1. The Balaban J connectivity index is 2.89. The number of rotatable bonds is 8.